The minimum Gasteiger partial charge on any atom is -0.393 e. The standard InChI is InChI=1S/C10H21N7O/c1-7(18)5-4-6-12-8-13-9(16-11)15-10(14-8)17(2)3/h7,18H,4-6,11H2,1-3H3,(H2,12,13,14,15,16). The van der Waals surface area contributed by atoms with Gasteiger partial charge in [0.1, 0.15) is 0 Å². The number of nitrogens with two attached hydrogens (primary N) is 1. The third kappa shape index (κ3) is 4.68. The minimum absolute atomic E-state index is 0.288. The van der Waals surface area contributed by atoms with E-state index >= 15 is 0 Å². The molecular weight excluding hydrogens is 234 g/mol. The summed E-state index contributed by atoms with van der Waals surface area (Å²) in [5, 5.41) is 12.2. The molecule has 1 aromatic rings. The third-order valence-electron chi connectivity index (χ3n) is 2.23. The highest BCUT2D eigenvalue weighted by atomic mass is 16.3. The average Bonchev–Trinajstić information content (AvgIpc) is 2.34. The fourth-order valence-electron chi connectivity index (χ4n) is 1.31. The van der Waals surface area contributed by atoms with Crippen LogP contribution in [0.25, 0.3) is 0 Å². The lowest BCUT2D eigenvalue weighted by Gasteiger charge is -2.13. The molecule has 1 unspecified atom stereocenters. The van der Waals surface area contributed by atoms with Crippen molar-refractivity contribution in [3.63, 3.8) is 0 Å². The van der Waals surface area contributed by atoms with Gasteiger partial charge in [0.25, 0.3) is 0 Å². The quantitative estimate of drug-likeness (QED) is 0.301. The van der Waals surface area contributed by atoms with Gasteiger partial charge in [-0.2, -0.15) is 15.0 Å². The van der Waals surface area contributed by atoms with Gasteiger partial charge in [-0.1, -0.05) is 0 Å². The molecule has 1 rings (SSSR count). The molecule has 0 aliphatic rings. The van der Waals surface area contributed by atoms with Crippen molar-refractivity contribution in [1.29, 1.82) is 0 Å². The van der Waals surface area contributed by atoms with Crippen molar-refractivity contribution in [3.05, 3.63) is 0 Å². The van der Waals surface area contributed by atoms with Crippen molar-refractivity contribution in [2.75, 3.05) is 36.3 Å². The highest BCUT2D eigenvalue weighted by Gasteiger charge is 2.06. The van der Waals surface area contributed by atoms with E-state index in [9.17, 15) is 0 Å². The zero-order valence-corrected chi connectivity index (χ0v) is 11.0. The number of rotatable bonds is 7. The van der Waals surface area contributed by atoms with Crippen LogP contribution in [-0.4, -0.2) is 46.8 Å². The molecule has 8 heteroatoms. The lowest BCUT2D eigenvalue weighted by atomic mass is 10.2. The second-order valence-corrected chi connectivity index (χ2v) is 4.24. The van der Waals surface area contributed by atoms with Crippen molar-refractivity contribution in [3.8, 4) is 0 Å². The highest BCUT2D eigenvalue weighted by Crippen LogP contribution is 2.10. The van der Waals surface area contributed by atoms with Crippen LogP contribution in [0.4, 0.5) is 17.8 Å². The summed E-state index contributed by atoms with van der Waals surface area (Å²) < 4.78 is 0. The molecule has 8 nitrogen and oxygen atoms in total. The number of nitrogens with zero attached hydrogens (tertiary/aromatic N) is 4. The molecule has 0 fully saturated rings. The van der Waals surface area contributed by atoms with Crippen LogP contribution in [0.1, 0.15) is 19.8 Å². The number of hydrogen-bond acceptors (Lipinski definition) is 8. The maximum Gasteiger partial charge on any atom is 0.243 e. The zero-order valence-electron chi connectivity index (χ0n) is 11.0. The van der Waals surface area contributed by atoms with E-state index < -0.39 is 0 Å². The summed E-state index contributed by atoms with van der Waals surface area (Å²) >= 11 is 0. The Kier molecular flexibility index (Phi) is 5.53. The molecule has 1 atom stereocenters. The Hall–Kier alpha value is -1.67. The lowest BCUT2D eigenvalue weighted by molar-refractivity contribution is 0.183. The molecule has 1 aromatic heterocycles. The Labute approximate surface area is 107 Å². The summed E-state index contributed by atoms with van der Waals surface area (Å²) in [6, 6.07) is 0. The molecule has 0 aliphatic carbocycles. The number of nitrogen functional groups attached to an aromatic ring is 1. The van der Waals surface area contributed by atoms with E-state index in [-0.39, 0.29) is 6.10 Å². The van der Waals surface area contributed by atoms with E-state index in [2.05, 4.69) is 25.7 Å². The minimum atomic E-state index is -0.288. The molecule has 0 saturated carbocycles. The van der Waals surface area contributed by atoms with Gasteiger partial charge in [0.05, 0.1) is 6.10 Å². The molecule has 0 amide bonds. The van der Waals surface area contributed by atoms with Crippen molar-refractivity contribution in [2.24, 2.45) is 5.84 Å². The van der Waals surface area contributed by atoms with E-state index in [0.717, 1.165) is 12.8 Å². The van der Waals surface area contributed by atoms with E-state index in [1.165, 1.54) is 0 Å². The fourth-order valence-corrected chi connectivity index (χ4v) is 1.31. The number of hydrazine groups is 1. The summed E-state index contributed by atoms with van der Waals surface area (Å²) in [5.41, 5.74) is 2.40. The number of aromatic nitrogens is 3. The summed E-state index contributed by atoms with van der Waals surface area (Å²) in [5.74, 6) is 6.60. The monoisotopic (exact) mass is 255 g/mol. The first kappa shape index (κ1) is 14.4. The van der Waals surface area contributed by atoms with Gasteiger partial charge in [0, 0.05) is 20.6 Å². The molecule has 0 aromatic carbocycles. The fraction of sp³-hybridized carbons (Fsp3) is 0.700. The predicted molar refractivity (Wildman–Crippen MR) is 71.4 cm³/mol. The van der Waals surface area contributed by atoms with E-state index in [1.54, 1.807) is 11.8 Å². The van der Waals surface area contributed by atoms with Gasteiger partial charge in [0.2, 0.25) is 17.8 Å². The van der Waals surface area contributed by atoms with Crippen molar-refractivity contribution < 1.29 is 5.11 Å². The Bertz CT molecular complexity index is 369. The van der Waals surface area contributed by atoms with Gasteiger partial charge in [-0.15, -0.1) is 0 Å². The second kappa shape index (κ2) is 6.92. The summed E-state index contributed by atoms with van der Waals surface area (Å²) in [4.78, 5) is 14.2. The van der Waals surface area contributed by atoms with Crippen molar-refractivity contribution in [1.82, 2.24) is 15.0 Å². The van der Waals surface area contributed by atoms with E-state index in [4.69, 9.17) is 10.9 Å². The SMILES string of the molecule is CC(O)CCCNc1nc(NN)nc(N(C)C)n1. The number of hydrogen-bond donors (Lipinski definition) is 4. The van der Waals surface area contributed by atoms with Crippen molar-refractivity contribution in [2.45, 2.75) is 25.9 Å². The van der Waals surface area contributed by atoms with E-state index in [1.807, 2.05) is 14.1 Å². The molecule has 5 N–H and O–H groups in total. The average molecular weight is 255 g/mol. The lowest BCUT2D eigenvalue weighted by Crippen LogP contribution is -2.19. The van der Waals surface area contributed by atoms with Gasteiger partial charge in [-0.3, -0.25) is 5.43 Å². The molecule has 0 bridgehead atoms. The van der Waals surface area contributed by atoms with Gasteiger partial charge < -0.3 is 15.3 Å². The first-order valence-corrected chi connectivity index (χ1v) is 5.85. The van der Waals surface area contributed by atoms with Crippen LogP contribution in [0.2, 0.25) is 0 Å². The Morgan fingerprint density at radius 1 is 1.28 bits per heavy atom. The van der Waals surface area contributed by atoms with Gasteiger partial charge in [-0.25, -0.2) is 5.84 Å². The Morgan fingerprint density at radius 2 is 1.94 bits per heavy atom. The largest absolute Gasteiger partial charge is 0.393 e. The van der Waals surface area contributed by atoms with Crippen molar-refractivity contribution >= 4 is 17.8 Å². The van der Waals surface area contributed by atoms with Crippen LogP contribution in [0.5, 0.6) is 0 Å². The smallest absolute Gasteiger partial charge is 0.243 e. The molecule has 102 valence electrons. The number of nitrogens with one attached hydrogen (secondary N) is 2. The predicted octanol–water partition coefficient (Wildman–Crippen LogP) is -0.204. The number of aliphatic hydroxyl groups excluding tert-OH is 1. The molecule has 0 aliphatic heterocycles. The summed E-state index contributed by atoms with van der Waals surface area (Å²) in [6.07, 6.45) is 1.29. The number of aliphatic hydroxyl groups is 1. The first-order valence-electron chi connectivity index (χ1n) is 5.85. The van der Waals surface area contributed by atoms with Gasteiger partial charge in [0.15, 0.2) is 0 Å². The van der Waals surface area contributed by atoms with Crippen LogP contribution in [-0.2, 0) is 0 Å². The maximum absolute atomic E-state index is 9.15. The van der Waals surface area contributed by atoms with Gasteiger partial charge >= 0.3 is 0 Å². The van der Waals surface area contributed by atoms with Gasteiger partial charge in [-0.05, 0) is 19.8 Å². The normalized spacial score (nSPS) is 12.1. The highest BCUT2D eigenvalue weighted by molar-refractivity contribution is 5.42. The number of anilines is 3. The molecule has 0 spiro atoms. The molecule has 1 heterocycles. The zero-order chi connectivity index (χ0) is 13.5. The van der Waals surface area contributed by atoms with Crippen LogP contribution in [0, 0.1) is 0 Å². The van der Waals surface area contributed by atoms with Crippen LogP contribution in [0.15, 0.2) is 0 Å². The van der Waals surface area contributed by atoms with Crippen LogP contribution in [0.3, 0.4) is 0 Å². The third-order valence-corrected chi connectivity index (χ3v) is 2.23. The molecule has 0 saturated heterocycles. The topological polar surface area (TPSA) is 112 Å². The maximum atomic E-state index is 9.15. The molecular formula is C10H21N7O. The summed E-state index contributed by atoms with van der Waals surface area (Å²) in [7, 11) is 3.68. The van der Waals surface area contributed by atoms with E-state index in [0.29, 0.717) is 24.4 Å². The molecule has 0 radical (unpaired) electrons. The molecule has 18 heavy (non-hydrogen) atoms. The Balaban J connectivity index is 2.61. The second-order valence-electron chi connectivity index (χ2n) is 4.24. The first-order chi connectivity index (χ1) is 8.52. The Morgan fingerprint density at radius 3 is 2.50 bits per heavy atom. The summed E-state index contributed by atoms with van der Waals surface area (Å²) in [6.45, 7) is 2.45. The van der Waals surface area contributed by atoms with Crippen LogP contribution >= 0.6 is 0 Å². The van der Waals surface area contributed by atoms with Crippen LogP contribution < -0.4 is 21.5 Å².